The maximum Gasteiger partial charge on any atom is 0.306 e. The fourth-order valence-electron chi connectivity index (χ4n) is 1.70. The molecule has 1 aliphatic heterocycles. The maximum atomic E-state index is 11.2. The van der Waals surface area contributed by atoms with E-state index >= 15 is 0 Å². The largest absolute Gasteiger partial charge is 0.462 e. The van der Waals surface area contributed by atoms with Crippen LogP contribution in [0, 0.1) is 10.8 Å². The van der Waals surface area contributed by atoms with Crippen LogP contribution in [-0.2, 0) is 9.53 Å². The normalized spacial score (nSPS) is 21.9. The van der Waals surface area contributed by atoms with Crippen molar-refractivity contribution in [2.24, 2.45) is 10.8 Å². The van der Waals surface area contributed by atoms with Crippen molar-refractivity contribution in [1.82, 2.24) is 0 Å². The molecule has 0 saturated carbocycles. The van der Waals surface area contributed by atoms with E-state index in [1.807, 2.05) is 13.8 Å². The van der Waals surface area contributed by atoms with Gasteiger partial charge in [-0.1, -0.05) is 48.5 Å². The van der Waals surface area contributed by atoms with E-state index in [2.05, 4.69) is 34.6 Å². The molecule has 1 saturated heterocycles. The summed E-state index contributed by atoms with van der Waals surface area (Å²) < 4.78 is 5.44. The zero-order chi connectivity index (χ0) is 13.0. The highest BCUT2D eigenvalue weighted by Crippen LogP contribution is 2.44. The van der Waals surface area contributed by atoms with Crippen molar-refractivity contribution in [2.75, 3.05) is 0 Å². The molecule has 0 spiro atoms. The van der Waals surface area contributed by atoms with Crippen molar-refractivity contribution in [1.29, 1.82) is 0 Å². The average molecular weight is 228 g/mol. The van der Waals surface area contributed by atoms with Crippen molar-refractivity contribution < 1.29 is 9.53 Å². The van der Waals surface area contributed by atoms with Gasteiger partial charge in [0.05, 0.1) is 0 Å². The molecule has 0 aromatic heterocycles. The van der Waals surface area contributed by atoms with E-state index in [9.17, 15) is 4.79 Å². The molecule has 0 amide bonds. The van der Waals surface area contributed by atoms with Crippen LogP contribution in [0.5, 0.6) is 0 Å². The summed E-state index contributed by atoms with van der Waals surface area (Å²) in [5, 5.41) is 0. The second-order valence-electron chi connectivity index (χ2n) is 5.84. The Morgan fingerprint density at radius 1 is 1.12 bits per heavy atom. The second kappa shape index (κ2) is 5.70. The number of cyclic esters (lactones) is 1. The van der Waals surface area contributed by atoms with E-state index in [0.29, 0.717) is 6.42 Å². The topological polar surface area (TPSA) is 26.3 Å². The van der Waals surface area contributed by atoms with Gasteiger partial charge in [0.15, 0.2) is 0 Å². The van der Waals surface area contributed by atoms with Gasteiger partial charge in [0.1, 0.15) is 6.10 Å². The molecular weight excluding hydrogens is 200 g/mol. The summed E-state index contributed by atoms with van der Waals surface area (Å²) in [6.07, 6.45) is 2.67. The summed E-state index contributed by atoms with van der Waals surface area (Å²) in [6, 6.07) is 0. The summed E-state index contributed by atoms with van der Waals surface area (Å²) in [6.45, 7) is 15.0. The summed E-state index contributed by atoms with van der Waals surface area (Å²) in [7, 11) is 0. The Kier molecular flexibility index (Phi) is 5.51. The van der Waals surface area contributed by atoms with Crippen molar-refractivity contribution in [3.63, 3.8) is 0 Å². The third-order valence-corrected chi connectivity index (χ3v) is 3.86. The molecule has 1 fully saturated rings. The van der Waals surface area contributed by atoms with Gasteiger partial charge in [-0.3, -0.25) is 4.79 Å². The molecule has 0 aromatic rings. The van der Waals surface area contributed by atoms with Crippen molar-refractivity contribution in [3.05, 3.63) is 0 Å². The lowest BCUT2D eigenvalue weighted by Crippen LogP contribution is -2.44. The van der Waals surface area contributed by atoms with Crippen molar-refractivity contribution in [3.8, 4) is 0 Å². The number of ether oxygens (including phenoxy) is 1. The lowest BCUT2D eigenvalue weighted by atomic mass is 9.64. The van der Waals surface area contributed by atoms with Crippen LogP contribution in [0.25, 0.3) is 0 Å². The molecule has 0 aromatic carbocycles. The fraction of sp³-hybridized carbons (Fsp3) is 0.929. The van der Waals surface area contributed by atoms with Crippen LogP contribution in [0.3, 0.4) is 0 Å². The van der Waals surface area contributed by atoms with E-state index in [1.165, 1.54) is 0 Å². The molecule has 1 unspecified atom stereocenters. The van der Waals surface area contributed by atoms with Crippen molar-refractivity contribution in [2.45, 2.75) is 73.8 Å². The first-order valence-corrected chi connectivity index (χ1v) is 6.44. The Morgan fingerprint density at radius 3 is 2.00 bits per heavy atom. The first-order chi connectivity index (χ1) is 7.25. The van der Waals surface area contributed by atoms with Gasteiger partial charge in [-0.15, -0.1) is 0 Å². The third kappa shape index (κ3) is 3.50. The average Bonchev–Trinajstić information content (AvgIpc) is 2.19. The minimum absolute atomic E-state index is 0.0291. The molecule has 2 nitrogen and oxygen atoms in total. The van der Waals surface area contributed by atoms with Gasteiger partial charge in [0.25, 0.3) is 0 Å². The van der Waals surface area contributed by atoms with Crippen LogP contribution in [0.1, 0.15) is 67.7 Å². The first kappa shape index (κ1) is 15.5. The Bertz CT molecular complexity index is 223. The number of esters is 1. The number of rotatable bonds is 1. The molecule has 1 heterocycles. The monoisotopic (exact) mass is 228 g/mol. The van der Waals surface area contributed by atoms with Crippen LogP contribution in [0.15, 0.2) is 0 Å². The van der Waals surface area contributed by atoms with Gasteiger partial charge in [-0.2, -0.15) is 0 Å². The first-order valence-electron chi connectivity index (χ1n) is 6.44. The molecule has 0 bridgehead atoms. The fourth-order valence-corrected chi connectivity index (χ4v) is 1.70. The Labute approximate surface area is 101 Å². The highest BCUT2D eigenvalue weighted by Gasteiger charge is 2.43. The quantitative estimate of drug-likeness (QED) is 0.629. The van der Waals surface area contributed by atoms with Crippen LogP contribution in [0.2, 0.25) is 0 Å². The summed E-state index contributed by atoms with van der Waals surface area (Å²) >= 11 is 0. The zero-order valence-electron chi connectivity index (χ0n) is 12.0. The van der Waals surface area contributed by atoms with E-state index in [0.717, 1.165) is 12.8 Å². The van der Waals surface area contributed by atoms with Gasteiger partial charge in [0, 0.05) is 11.8 Å². The second-order valence-corrected chi connectivity index (χ2v) is 5.84. The van der Waals surface area contributed by atoms with E-state index in [-0.39, 0.29) is 22.9 Å². The van der Waals surface area contributed by atoms with Crippen LogP contribution >= 0.6 is 0 Å². The smallest absolute Gasteiger partial charge is 0.306 e. The van der Waals surface area contributed by atoms with Gasteiger partial charge < -0.3 is 4.74 Å². The molecule has 0 aliphatic carbocycles. The van der Waals surface area contributed by atoms with Crippen LogP contribution < -0.4 is 0 Å². The van der Waals surface area contributed by atoms with Crippen LogP contribution in [0.4, 0.5) is 0 Å². The minimum atomic E-state index is -0.0291. The third-order valence-electron chi connectivity index (χ3n) is 3.86. The number of hydrogen-bond donors (Lipinski definition) is 0. The highest BCUT2D eigenvalue weighted by molar-refractivity contribution is 5.70. The molecule has 1 atom stereocenters. The maximum absolute atomic E-state index is 11.2. The van der Waals surface area contributed by atoms with Crippen molar-refractivity contribution >= 4 is 5.97 Å². The van der Waals surface area contributed by atoms with Gasteiger partial charge in [0.2, 0.25) is 0 Å². The number of carbonyl (C=O) groups is 1. The van der Waals surface area contributed by atoms with Gasteiger partial charge >= 0.3 is 5.97 Å². The SMILES string of the molecule is CC.CC(C)(C)C(C)(C)C1CCCC(=O)O1. The molecule has 1 aliphatic rings. The predicted octanol–water partition coefficient (Wildman–Crippen LogP) is 4.18. The Morgan fingerprint density at radius 2 is 1.62 bits per heavy atom. The number of hydrogen-bond acceptors (Lipinski definition) is 2. The van der Waals surface area contributed by atoms with E-state index < -0.39 is 0 Å². The van der Waals surface area contributed by atoms with E-state index in [1.54, 1.807) is 0 Å². The van der Waals surface area contributed by atoms with Gasteiger partial charge in [-0.25, -0.2) is 0 Å². The molecule has 16 heavy (non-hydrogen) atoms. The highest BCUT2D eigenvalue weighted by atomic mass is 16.5. The molecule has 0 N–H and O–H groups in total. The molecule has 2 heteroatoms. The van der Waals surface area contributed by atoms with Crippen LogP contribution in [-0.4, -0.2) is 12.1 Å². The summed E-state index contributed by atoms with van der Waals surface area (Å²) in [5.74, 6) is -0.0291. The molecular formula is C14H28O2. The molecule has 1 rings (SSSR count). The lowest BCUT2D eigenvalue weighted by Gasteiger charge is -2.45. The summed E-state index contributed by atoms with van der Waals surface area (Å²) in [5.41, 5.74) is 0.207. The predicted molar refractivity (Wildman–Crippen MR) is 68.3 cm³/mol. The summed E-state index contributed by atoms with van der Waals surface area (Å²) in [4.78, 5) is 11.2. The van der Waals surface area contributed by atoms with E-state index in [4.69, 9.17) is 4.74 Å². The lowest BCUT2D eigenvalue weighted by molar-refractivity contribution is -0.167. The zero-order valence-corrected chi connectivity index (χ0v) is 12.0. The standard InChI is InChI=1S/C12H22O2.C2H6/c1-11(2,3)12(4,5)9-7-6-8-10(13)14-9;1-2/h9H,6-8H2,1-5H3;1-2H3. The Hall–Kier alpha value is -0.530. The molecule has 96 valence electrons. The number of carbonyl (C=O) groups excluding carboxylic acids is 1. The van der Waals surface area contributed by atoms with Gasteiger partial charge in [-0.05, 0) is 18.3 Å². The minimum Gasteiger partial charge on any atom is -0.462 e. The molecule has 0 radical (unpaired) electrons. The Balaban J connectivity index is 0.00000106.